The fourth-order valence-corrected chi connectivity index (χ4v) is 2.76. The quantitative estimate of drug-likeness (QED) is 0.704. The van der Waals surface area contributed by atoms with Crippen LogP contribution >= 0.6 is 23.2 Å². The zero-order valence-electron chi connectivity index (χ0n) is 11.7. The van der Waals surface area contributed by atoms with E-state index in [1.54, 1.807) is 0 Å². The van der Waals surface area contributed by atoms with Crippen molar-refractivity contribution in [2.75, 3.05) is 5.88 Å². The molecule has 2 aromatic rings. The summed E-state index contributed by atoms with van der Waals surface area (Å²) in [6.07, 6.45) is 1.93. The Morgan fingerprint density at radius 3 is 2.68 bits per heavy atom. The van der Waals surface area contributed by atoms with Crippen molar-refractivity contribution < 1.29 is 0 Å². The van der Waals surface area contributed by atoms with Crippen LogP contribution < -0.4 is 0 Å². The van der Waals surface area contributed by atoms with Crippen LogP contribution in [0, 0.1) is 5.92 Å². The lowest BCUT2D eigenvalue weighted by molar-refractivity contribution is 0.369. The largest absolute Gasteiger partial charge is 0.325 e. The van der Waals surface area contributed by atoms with E-state index in [0.29, 0.717) is 17.8 Å². The van der Waals surface area contributed by atoms with Crippen LogP contribution in [0.25, 0.3) is 11.0 Å². The van der Waals surface area contributed by atoms with Crippen molar-refractivity contribution >= 4 is 34.2 Å². The van der Waals surface area contributed by atoms with E-state index in [9.17, 15) is 0 Å². The van der Waals surface area contributed by atoms with Gasteiger partial charge in [0, 0.05) is 23.4 Å². The molecule has 0 N–H and O–H groups in total. The number of rotatable bonds is 5. The van der Waals surface area contributed by atoms with Gasteiger partial charge in [-0.15, -0.1) is 11.6 Å². The molecule has 0 radical (unpaired) electrons. The number of alkyl halides is 1. The number of fused-ring (bicyclic) bond motifs is 1. The number of hydrogen-bond acceptors (Lipinski definition) is 1. The van der Waals surface area contributed by atoms with Crippen molar-refractivity contribution in [3.8, 4) is 0 Å². The molecule has 1 heterocycles. The van der Waals surface area contributed by atoms with Crippen LogP contribution in [0.1, 0.15) is 39.1 Å². The zero-order chi connectivity index (χ0) is 14.0. The smallest absolute Gasteiger partial charge is 0.111 e. The van der Waals surface area contributed by atoms with Crippen molar-refractivity contribution in [3.05, 3.63) is 29.0 Å². The first-order chi connectivity index (χ1) is 9.08. The van der Waals surface area contributed by atoms with Crippen LogP contribution in [0.2, 0.25) is 5.02 Å². The zero-order valence-corrected chi connectivity index (χ0v) is 13.2. The second-order valence-electron chi connectivity index (χ2n) is 5.10. The third-order valence-corrected chi connectivity index (χ3v) is 4.34. The molecule has 0 aliphatic heterocycles. The molecule has 0 amide bonds. The maximum atomic E-state index is 6.13. The number of aromatic nitrogens is 2. The predicted octanol–water partition coefficient (Wildman–Crippen LogP) is 5.08. The summed E-state index contributed by atoms with van der Waals surface area (Å²) in [6.45, 7) is 6.73. The molecule has 2 rings (SSSR count). The predicted molar refractivity (Wildman–Crippen MR) is 83.3 cm³/mol. The van der Waals surface area contributed by atoms with Gasteiger partial charge in [-0.3, -0.25) is 0 Å². The highest BCUT2D eigenvalue weighted by atomic mass is 35.5. The lowest BCUT2D eigenvalue weighted by Crippen LogP contribution is -2.16. The number of hydrogen-bond donors (Lipinski definition) is 0. The molecule has 2 unspecified atom stereocenters. The minimum absolute atomic E-state index is 0.395. The van der Waals surface area contributed by atoms with Gasteiger partial charge in [0.25, 0.3) is 0 Å². The van der Waals surface area contributed by atoms with Crippen LogP contribution in [-0.2, 0) is 6.42 Å². The molecule has 19 heavy (non-hydrogen) atoms. The van der Waals surface area contributed by atoms with E-state index in [1.165, 1.54) is 0 Å². The van der Waals surface area contributed by atoms with Gasteiger partial charge in [0.05, 0.1) is 11.0 Å². The molecule has 0 aliphatic carbocycles. The molecule has 0 saturated heterocycles. The van der Waals surface area contributed by atoms with E-state index >= 15 is 0 Å². The topological polar surface area (TPSA) is 17.8 Å². The first-order valence-electron chi connectivity index (χ1n) is 6.80. The van der Waals surface area contributed by atoms with Crippen molar-refractivity contribution in [1.29, 1.82) is 0 Å². The Morgan fingerprint density at radius 1 is 1.32 bits per heavy atom. The average molecular weight is 299 g/mol. The normalized spacial score (nSPS) is 14.8. The van der Waals surface area contributed by atoms with Gasteiger partial charge < -0.3 is 4.57 Å². The Labute approximate surface area is 124 Å². The van der Waals surface area contributed by atoms with Gasteiger partial charge in [-0.2, -0.15) is 0 Å². The van der Waals surface area contributed by atoms with Crippen LogP contribution in [0.5, 0.6) is 0 Å². The molecule has 1 aromatic heterocycles. The summed E-state index contributed by atoms with van der Waals surface area (Å²) >= 11 is 12.0. The van der Waals surface area contributed by atoms with Gasteiger partial charge in [0.2, 0.25) is 0 Å². The first-order valence-corrected chi connectivity index (χ1v) is 7.72. The number of aryl methyl sites for hydroxylation is 1. The Balaban J connectivity index is 2.59. The molecular formula is C15H20Cl2N2. The van der Waals surface area contributed by atoms with E-state index in [-0.39, 0.29) is 0 Å². The maximum Gasteiger partial charge on any atom is 0.111 e. The molecule has 4 heteroatoms. The minimum Gasteiger partial charge on any atom is -0.325 e. The summed E-state index contributed by atoms with van der Waals surface area (Å²) in [6, 6.07) is 6.27. The molecular weight excluding hydrogens is 279 g/mol. The Kier molecular flexibility index (Phi) is 4.75. The lowest BCUT2D eigenvalue weighted by Gasteiger charge is -2.23. The number of benzene rings is 1. The van der Waals surface area contributed by atoms with Crippen LogP contribution in [0.3, 0.4) is 0 Å². The lowest BCUT2D eigenvalue weighted by atomic mass is 10.0. The standard InChI is InChI=1S/C15H20Cl2N2/c1-4-10(2)11(3)19-14-9-12(17)5-6-13(14)18-15(19)7-8-16/h5-6,9-11H,4,7-8H2,1-3H3. The van der Waals surface area contributed by atoms with E-state index < -0.39 is 0 Å². The highest BCUT2D eigenvalue weighted by molar-refractivity contribution is 6.31. The average Bonchev–Trinajstić information content (AvgIpc) is 2.74. The second-order valence-corrected chi connectivity index (χ2v) is 5.91. The van der Waals surface area contributed by atoms with Gasteiger partial charge in [-0.1, -0.05) is 31.9 Å². The maximum absolute atomic E-state index is 6.13. The Morgan fingerprint density at radius 2 is 2.05 bits per heavy atom. The van der Waals surface area contributed by atoms with Crippen LogP contribution in [-0.4, -0.2) is 15.4 Å². The van der Waals surface area contributed by atoms with Crippen molar-refractivity contribution in [2.24, 2.45) is 5.92 Å². The van der Waals surface area contributed by atoms with Gasteiger partial charge in [-0.05, 0) is 31.0 Å². The van der Waals surface area contributed by atoms with Crippen molar-refractivity contribution in [2.45, 2.75) is 39.7 Å². The summed E-state index contributed by atoms with van der Waals surface area (Å²) < 4.78 is 2.30. The highest BCUT2D eigenvalue weighted by Gasteiger charge is 2.19. The fourth-order valence-electron chi connectivity index (χ4n) is 2.43. The molecule has 0 aliphatic rings. The van der Waals surface area contributed by atoms with E-state index in [0.717, 1.165) is 34.7 Å². The number of halogens is 2. The first kappa shape index (κ1) is 14.7. The Bertz CT molecular complexity index is 563. The molecule has 1 aromatic carbocycles. The Hall–Kier alpha value is -0.730. The molecule has 2 atom stereocenters. The molecule has 0 saturated carbocycles. The van der Waals surface area contributed by atoms with Crippen molar-refractivity contribution in [3.63, 3.8) is 0 Å². The van der Waals surface area contributed by atoms with Gasteiger partial charge >= 0.3 is 0 Å². The van der Waals surface area contributed by atoms with Crippen LogP contribution in [0.4, 0.5) is 0 Å². The van der Waals surface area contributed by atoms with Gasteiger partial charge in [-0.25, -0.2) is 4.98 Å². The third kappa shape index (κ3) is 2.90. The fraction of sp³-hybridized carbons (Fsp3) is 0.533. The van der Waals surface area contributed by atoms with E-state index in [2.05, 4.69) is 25.3 Å². The number of nitrogens with zero attached hydrogens (tertiary/aromatic N) is 2. The second kappa shape index (κ2) is 6.15. The molecule has 0 fully saturated rings. The molecule has 0 bridgehead atoms. The summed E-state index contributed by atoms with van der Waals surface area (Å²) in [5.41, 5.74) is 2.11. The van der Waals surface area contributed by atoms with E-state index in [4.69, 9.17) is 28.2 Å². The summed E-state index contributed by atoms with van der Waals surface area (Å²) in [7, 11) is 0. The molecule has 104 valence electrons. The van der Waals surface area contributed by atoms with E-state index in [1.807, 2.05) is 18.2 Å². The van der Waals surface area contributed by atoms with Crippen LogP contribution in [0.15, 0.2) is 18.2 Å². The summed E-state index contributed by atoms with van der Waals surface area (Å²) in [5, 5.41) is 0.752. The monoisotopic (exact) mass is 298 g/mol. The molecule has 0 spiro atoms. The summed E-state index contributed by atoms with van der Waals surface area (Å²) in [5.74, 6) is 2.23. The summed E-state index contributed by atoms with van der Waals surface area (Å²) in [4.78, 5) is 4.70. The minimum atomic E-state index is 0.395. The SMILES string of the molecule is CCC(C)C(C)n1c(CCCl)nc2ccc(Cl)cc21. The van der Waals surface area contributed by atoms with Crippen molar-refractivity contribution in [1.82, 2.24) is 9.55 Å². The molecule has 2 nitrogen and oxygen atoms in total. The van der Waals surface area contributed by atoms with Gasteiger partial charge in [0.15, 0.2) is 0 Å². The highest BCUT2D eigenvalue weighted by Crippen LogP contribution is 2.29. The van der Waals surface area contributed by atoms with Gasteiger partial charge in [0.1, 0.15) is 5.82 Å². The third-order valence-electron chi connectivity index (χ3n) is 3.92. The number of imidazole rings is 1.